The number of hydrogen-bond donors (Lipinski definition) is 0. The fraction of sp³-hybridized carbons (Fsp3) is 0.308. The van der Waals surface area contributed by atoms with Gasteiger partial charge in [0.1, 0.15) is 6.29 Å². The minimum absolute atomic E-state index is 0.0803. The molecule has 2 rings (SSSR count). The van der Waals surface area contributed by atoms with Crippen LogP contribution in [0.25, 0.3) is 0 Å². The van der Waals surface area contributed by atoms with Crippen LogP contribution in [-0.2, 0) is 5.41 Å². The molecule has 0 fully saturated rings. The molecule has 0 aromatic heterocycles. The van der Waals surface area contributed by atoms with E-state index in [9.17, 15) is 4.79 Å². The number of fused-ring (bicyclic) bond motifs is 1. The number of aldehydes is 1. The summed E-state index contributed by atoms with van der Waals surface area (Å²) in [6, 6.07) is 5.78. The third kappa shape index (κ3) is 1.21. The topological polar surface area (TPSA) is 20.3 Å². The number of anilines is 1. The first-order chi connectivity index (χ1) is 6.98. The van der Waals surface area contributed by atoms with Gasteiger partial charge >= 0.3 is 0 Å². The number of likely N-dealkylation sites (N-methyl/N-ethyl adjacent to an activating group) is 1. The summed E-state index contributed by atoms with van der Waals surface area (Å²) in [5.74, 6) is 0. The molecule has 0 unspecified atom stereocenters. The van der Waals surface area contributed by atoms with Gasteiger partial charge in [-0.05, 0) is 23.8 Å². The molecule has 1 heterocycles. The number of allylic oxidation sites excluding steroid dienone is 1. The molecule has 1 aliphatic rings. The van der Waals surface area contributed by atoms with Crippen molar-refractivity contribution in [2.75, 3.05) is 11.9 Å². The van der Waals surface area contributed by atoms with Crippen LogP contribution in [0.15, 0.2) is 30.5 Å². The number of nitrogens with zero attached hydrogens (tertiary/aromatic N) is 1. The fourth-order valence-corrected chi connectivity index (χ4v) is 2.14. The maximum Gasteiger partial charge on any atom is 0.150 e. The standard InChI is InChI=1S/C13H15NO/c1-9-13(2,3)11-7-10(8-15)5-6-12(11)14(9)4/h5-8H,1H2,2-4H3. The minimum atomic E-state index is -0.0803. The quantitative estimate of drug-likeness (QED) is 0.651. The second-order valence-electron chi connectivity index (χ2n) is 4.53. The van der Waals surface area contributed by atoms with Gasteiger partial charge in [0.05, 0.1) is 0 Å². The minimum Gasteiger partial charge on any atom is -0.348 e. The molecular weight excluding hydrogens is 186 g/mol. The van der Waals surface area contributed by atoms with Gasteiger partial charge in [0.15, 0.2) is 0 Å². The highest BCUT2D eigenvalue weighted by atomic mass is 16.1. The zero-order valence-electron chi connectivity index (χ0n) is 9.37. The van der Waals surface area contributed by atoms with Crippen molar-refractivity contribution >= 4 is 12.0 Å². The molecule has 2 nitrogen and oxygen atoms in total. The summed E-state index contributed by atoms with van der Waals surface area (Å²) in [5.41, 5.74) is 4.05. The highest BCUT2D eigenvalue weighted by molar-refractivity contribution is 5.80. The average molecular weight is 201 g/mol. The summed E-state index contributed by atoms with van der Waals surface area (Å²) >= 11 is 0. The Morgan fingerprint density at radius 3 is 2.67 bits per heavy atom. The smallest absolute Gasteiger partial charge is 0.150 e. The zero-order valence-corrected chi connectivity index (χ0v) is 9.37. The number of rotatable bonds is 1. The van der Waals surface area contributed by atoms with Crippen molar-refractivity contribution < 1.29 is 4.79 Å². The van der Waals surface area contributed by atoms with E-state index in [1.54, 1.807) is 0 Å². The van der Waals surface area contributed by atoms with Crippen molar-refractivity contribution in [3.8, 4) is 0 Å². The molecule has 2 heteroatoms. The molecule has 0 N–H and O–H groups in total. The van der Waals surface area contributed by atoms with Crippen molar-refractivity contribution in [1.82, 2.24) is 0 Å². The summed E-state index contributed by atoms with van der Waals surface area (Å²) in [7, 11) is 2.01. The molecule has 1 aromatic carbocycles. The molecule has 0 spiro atoms. The molecule has 0 saturated heterocycles. The molecule has 78 valence electrons. The van der Waals surface area contributed by atoms with Gasteiger partial charge in [0, 0.05) is 29.4 Å². The van der Waals surface area contributed by atoms with Gasteiger partial charge < -0.3 is 4.90 Å². The van der Waals surface area contributed by atoms with Crippen LogP contribution in [-0.4, -0.2) is 13.3 Å². The van der Waals surface area contributed by atoms with E-state index >= 15 is 0 Å². The van der Waals surface area contributed by atoms with Gasteiger partial charge in [-0.25, -0.2) is 0 Å². The third-order valence-electron chi connectivity index (χ3n) is 3.32. The normalized spacial score (nSPS) is 17.8. The lowest BCUT2D eigenvalue weighted by Gasteiger charge is -2.22. The van der Waals surface area contributed by atoms with Crippen molar-refractivity contribution in [2.24, 2.45) is 0 Å². The van der Waals surface area contributed by atoms with Crippen molar-refractivity contribution in [2.45, 2.75) is 19.3 Å². The molecule has 0 saturated carbocycles. The van der Waals surface area contributed by atoms with Gasteiger partial charge in [-0.3, -0.25) is 4.79 Å². The van der Waals surface area contributed by atoms with E-state index in [0.29, 0.717) is 0 Å². The SMILES string of the molecule is C=C1N(C)c2ccc(C=O)cc2C1(C)C. The molecule has 15 heavy (non-hydrogen) atoms. The first kappa shape index (κ1) is 9.97. The first-order valence-corrected chi connectivity index (χ1v) is 5.01. The average Bonchev–Trinajstić information content (AvgIpc) is 2.40. The van der Waals surface area contributed by atoms with Gasteiger partial charge in [0.25, 0.3) is 0 Å². The van der Waals surface area contributed by atoms with Crippen LogP contribution < -0.4 is 4.90 Å². The number of carbonyl (C=O) groups excluding carboxylic acids is 1. The van der Waals surface area contributed by atoms with Crippen LogP contribution in [0.1, 0.15) is 29.8 Å². The summed E-state index contributed by atoms with van der Waals surface area (Å²) in [6.07, 6.45) is 0.886. The summed E-state index contributed by atoms with van der Waals surface area (Å²) in [4.78, 5) is 12.8. The Kier molecular flexibility index (Phi) is 1.97. The van der Waals surface area contributed by atoms with Crippen LogP contribution in [0, 0.1) is 0 Å². The molecule has 0 radical (unpaired) electrons. The lowest BCUT2D eigenvalue weighted by molar-refractivity contribution is 0.112. The van der Waals surface area contributed by atoms with Crippen molar-refractivity contribution in [1.29, 1.82) is 0 Å². The third-order valence-corrected chi connectivity index (χ3v) is 3.32. The van der Waals surface area contributed by atoms with E-state index in [0.717, 1.165) is 23.2 Å². The second-order valence-corrected chi connectivity index (χ2v) is 4.53. The van der Waals surface area contributed by atoms with Crippen LogP contribution in [0.4, 0.5) is 5.69 Å². The molecule has 0 amide bonds. The lowest BCUT2D eigenvalue weighted by Crippen LogP contribution is -2.21. The van der Waals surface area contributed by atoms with E-state index < -0.39 is 0 Å². The Morgan fingerprint density at radius 1 is 1.40 bits per heavy atom. The predicted octanol–water partition coefficient (Wildman–Crippen LogP) is 2.74. The second kappa shape index (κ2) is 2.96. The van der Waals surface area contributed by atoms with Crippen LogP contribution in [0.3, 0.4) is 0 Å². The van der Waals surface area contributed by atoms with E-state index in [1.165, 1.54) is 5.56 Å². The van der Waals surface area contributed by atoms with E-state index in [-0.39, 0.29) is 5.41 Å². The summed E-state index contributed by atoms with van der Waals surface area (Å²) in [6.45, 7) is 8.36. The summed E-state index contributed by atoms with van der Waals surface area (Å²) < 4.78 is 0. The highest BCUT2D eigenvalue weighted by Crippen LogP contribution is 2.46. The Labute approximate surface area is 90.2 Å². The molecule has 1 aliphatic heterocycles. The lowest BCUT2D eigenvalue weighted by atomic mass is 9.84. The fourth-order valence-electron chi connectivity index (χ4n) is 2.14. The Morgan fingerprint density at radius 2 is 2.07 bits per heavy atom. The largest absolute Gasteiger partial charge is 0.348 e. The summed E-state index contributed by atoms with van der Waals surface area (Å²) in [5, 5.41) is 0. The van der Waals surface area contributed by atoms with Gasteiger partial charge in [-0.15, -0.1) is 0 Å². The van der Waals surface area contributed by atoms with Crippen molar-refractivity contribution in [3.63, 3.8) is 0 Å². The number of benzene rings is 1. The molecule has 0 bridgehead atoms. The maximum atomic E-state index is 10.7. The van der Waals surface area contributed by atoms with E-state index in [4.69, 9.17) is 0 Å². The van der Waals surface area contributed by atoms with E-state index in [1.807, 2.05) is 25.2 Å². The molecule has 0 aliphatic carbocycles. The van der Waals surface area contributed by atoms with Crippen LogP contribution in [0.2, 0.25) is 0 Å². The van der Waals surface area contributed by atoms with Crippen LogP contribution >= 0.6 is 0 Å². The monoisotopic (exact) mass is 201 g/mol. The van der Waals surface area contributed by atoms with Gasteiger partial charge in [0.2, 0.25) is 0 Å². The predicted molar refractivity (Wildman–Crippen MR) is 62.4 cm³/mol. The zero-order chi connectivity index (χ0) is 11.2. The molecular formula is C13H15NO. The highest BCUT2D eigenvalue weighted by Gasteiger charge is 2.37. The molecule has 0 atom stereocenters. The Balaban J connectivity index is 2.67. The Hall–Kier alpha value is -1.57. The van der Waals surface area contributed by atoms with Crippen LogP contribution in [0.5, 0.6) is 0 Å². The maximum absolute atomic E-state index is 10.7. The van der Waals surface area contributed by atoms with Gasteiger partial charge in [-0.1, -0.05) is 20.4 Å². The first-order valence-electron chi connectivity index (χ1n) is 5.01. The molecule has 1 aromatic rings. The number of hydrogen-bond acceptors (Lipinski definition) is 2. The van der Waals surface area contributed by atoms with E-state index in [2.05, 4.69) is 25.3 Å². The van der Waals surface area contributed by atoms with Crippen molar-refractivity contribution in [3.05, 3.63) is 41.6 Å². The Bertz CT molecular complexity index is 446. The number of carbonyl (C=O) groups is 1. The van der Waals surface area contributed by atoms with Gasteiger partial charge in [-0.2, -0.15) is 0 Å².